The van der Waals surface area contributed by atoms with Gasteiger partial charge in [0, 0.05) is 6.54 Å². The van der Waals surface area contributed by atoms with Gasteiger partial charge in [-0.2, -0.15) is 0 Å². The minimum atomic E-state index is -0.513. The van der Waals surface area contributed by atoms with Gasteiger partial charge in [-0.1, -0.05) is 19.1 Å². The Balaban J connectivity index is 2.21. The van der Waals surface area contributed by atoms with E-state index in [1.165, 1.54) is 5.56 Å². The molecule has 1 amide bonds. The number of carbonyl (C=O) groups is 2. The Morgan fingerprint density at radius 3 is 2.32 bits per heavy atom. The van der Waals surface area contributed by atoms with Crippen LogP contribution >= 0.6 is 0 Å². The van der Waals surface area contributed by atoms with Crippen LogP contribution in [0.25, 0.3) is 0 Å². The van der Waals surface area contributed by atoms with Crippen LogP contribution in [0.5, 0.6) is 0 Å². The fourth-order valence-electron chi connectivity index (χ4n) is 1.70. The number of nitrogens with one attached hydrogen (secondary N) is 1. The Morgan fingerprint density at radius 2 is 1.77 bits per heavy atom. The number of alkyl carbamates (subject to hydrolysis) is 1. The van der Waals surface area contributed by atoms with Crippen LogP contribution in [-0.4, -0.2) is 30.8 Å². The fourth-order valence-corrected chi connectivity index (χ4v) is 1.70. The molecule has 0 saturated heterocycles. The summed E-state index contributed by atoms with van der Waals surface area (Å²) >= 11 is 0. The molecule has 5 heteroatoms. The van der Waals surface area contributed by atoms with E-state index in [-0.39, 0.29) is 12.6 Å². The lowest BCUT2D eigenvalue weighted by Crippen LogP contribution is -2.33. The van der Waals surface area contributed by atoms with E-state index < -0.39 is 11.7 Å². The summed E-state index contributed by atoms with van der Waals surface area (Å²) in [5, 5.41) is 2.62. The zero-order chi connectivity index (χ0) is 16.6. The van der Waals surface area contributed by atoms with Crippen molar-refractivity contribution in [3.05, 3.63) is 35.4 Å². The van der Waals surface area contributed by atoms with Crippen LogP contribution in [0.3, 0.4) is 0 Å². The number of hydrogen-bond acceptors (Lipinski definition) is 4. The van der Waals surface area contributed by atoms with Gasteiger partial charge in [-0.3, -0.25) is 0 Å². The molecular weight excluding hydrogens is 282 g/mol. The Morgan fingerprint density at radius 1 is 1.14 bits per heavy atom. The molecule has 1 N–H and O–H groups in total. The number of esters is 1. The molecule has 1 aromatic carbocycles. The molecule has 22 heavy (non-hydrogen) atoms. The summed E-state index contributed by atoms with van der Waals surface area (Å²) in [6.45, 7) is 8.13. The van der Waals surface area contributed by atoms with Gasteiger partial charge >= 0.3 is 12.1 Å². The number of amides is 1. The number of aryl methyl sites for hydroxylation is 1. The molecule has 0 aliphatic heterocycles. The quantitative estimate of drug-likeness (QED) is 0.647. The molecule has 0 radical (unpaired) electrons. The van der Waals surface area contributed by atoms with Crippen molar-refractivity contribution in [2.75, 3.05) is 13.2 Å². The molecule has 122 valence electrons. The second-order valence-corrected chi connectivity index (χ2v) is 5.97. The SMILES string of the molecule is CCc1ccc(C(=O)OCCCNC(=O)OC(C)(C)C)cc1. The highest BCUT2D eigenvalue weighted by molar-refractivity contribution is 5.89. The first-order chi connectivity index (χ1) is 10.3. The maximum absolute atomic E-state index is 11.8. The lowest BCUT2D eigenvalue weighted by molar-refractivity contribution is 0.0483. The van der Waals surface area contributed by atoms with Gasteiger partial charge in [0.25, 0.3) is 0 Å². The molecule has 1 rings (SSSR count). The summed E-state index contributed by atoms with van der Waals surface area (Å²) in [5.74, 6) is -0.347. The van der Waals surface area contributed by atoms with Crippen LogP contribution in [0.1, 0.15) is 50.0 Å². The van der Waals surface area contributed by atoms with Crippen molar-refractivity contribution in [3.8, 4) is 0 Å². The molecule has 0 aromatic heterocycles. The van der Waals surface area contributed by atoms with Gasteiger partial charge in [0.1, 0.15) is 5.60 Å². The average Bonchev–Trinajstić information content (AvgIpc) is 2.45. The van der Waals surface area contributed by atoms with Crippen molar-refractivity contribution in [1.82, 2.24) is 5.32 Å². The highest BCUT2D eigenvalue weighted by Crippen LogP contribution is 2.07. The number of carbonyl (C=O) groups excluding carboxylic acids is 2. The summed E-state index contributed by atoms with van der Waals surface area (Å²) in [5.41, 5.74) is 1.21. The molecule has 0 aliphatic carbocycles. The van der Waals surface area contributed by atoms with Crippen molar-refractivity contribution < 1.29 is 19.1 Å². The van der Waals surface area contributed by atoms with Crippen LogP contribution in [0, 0.1) is 0 Å². The molecule has 0 atom stereocenters. The third kappa shape index (κ3) is 7.11. The van der Waals surface area contributed by atoms with Crippen molar-refractivity contribution in [3.63, 3.8) is 0 Å². The Labute approximate surface area is 132 Å². The van der Waals surface area contributed by atoms with E-state index >= 15 is 0 Å². The van der Waals surface area contributed by atoms with E-state index in [2.05, 4.69) is 12.2 Å². The van der Waals surface area contributed by atoms with Crippen LogP contribution in [0.15, 0.2) is 24.3 Å². The summed E-state index contributed by atoms with van der Waals surface area (Å²) in [4.78, 5) is 23.2. The summed E-state index contributed by atoms with van der Waals surface area (Å²) in [6.07, 6.45) is 1.01. The Bertz CT molecular complexity index is 488. The molecule has 0 unspecified atom stereocenters. The summed E-state index contributed by atoms with van der Waals surface area (Å²) in [6, 6.07) is 7.36. The Hall–Kier alpha value is -2.04. The van der Waals surface area contributed by atoms with Gasteiger partial charge in [-0.25, -0.2) is 9.59 Å². The van der Waals surface area contributed by atoms with Gasteiger partial charge in [0.05, 0.1) is 12.2 Å². The average molecular weight is 307 g/mol. The third-order valence-corrected chi connectivity index (χ3v) is 2.82. The molecule has 0 fully saturated rings. The highest BCUT2D eigenvalue weighted by atomic mass is 16.6. The molecule has 0 heterocycles. The molecule has 0 spiro atoms. The van der Waals surface area contributed by atoms with E-state index in [0.29, 0.717) is 18.5 Å². The largest absolute Gasteiger partial charge is 0.462 e. The van der Waals surface area contributed by atoms with Crippen molar-refractivity contribution >= 4 is 12.1 Å². The number of benzene rings is 1. The number of rotatable bonds is 6. The van der Waals surface area contributed by atoms with Gasteiger partial charge in [-0.15, -0.1) is 0 Å². The maximum Gasteiger partial charge on any atom is 0.407 e. The predicted molar refractivity (Wildman–Crippen MR) is 85.0 cm³/mol. The molecule has 0 saturated carbocycles. The zero-order valence-corrected chi connectivity index (χ0v) is 13.8. The van der Waals surface area contributed by atoms with Crippen LogP contribution < -0.4 is 5.32 Å². The molecular formula is C17H25NO4. The fraction of sp³-hybridized carbons (Fsp3) is 0.529. The van der Waals surface area contributed by atoms with E-state index in [9.17, 15) is 9.59 Å². The van der Waals surface area contributed by atoms with Gasteiger partial charge in [0.2, 0.25) is 0 Å². The zero-order valence-electron chi connectivity index (χ0n) is 13.8. The molecule has 5 nitrogen and oxygen atoms in total. The van der Waals surface area contributed by atoms with Gasteiger partial charge in [0.15, 0.2) is 0 Å². The standard InChI is InChI=1S/C17H25NO4/c1-5-13-7-9-14(10-8-13)15(19)21-12-6-11-18-16(20)22-17(2,3)4/h7-10H,5-6,11-12H2,1-4H3,(H,18,20). The second-order valence-electron chi connectivity index (χ2n) is 5.97. The lowest BCUT2D eigenvalue weighted by Gasteiger charge is -2.19. The second kappa shape index (κ2) is 8.41. The van der Waals surface area contributed by atoms with Crippen molar-refractivity contribution in [2.24, 2.45) is 0 Å². The van der Waals surface area contributed by atoms with Crippen LogP contribution in [-0.2, 0) is 15.9 Å². The minimum absolute atomic E-state index is 0.254. The van der Waals surface area contributed by atoms with Gasteiger partial charge in [-0.05, 0) is 51.3 Å². The van der Waals surface area contributed by atoms with Crippen molar-refractivity contribution in [1.29, 1.82) is 0 Å². The van der Waals surface area contributed by atoms with Gasteiger partial charge < -0.3 is 14.8 Å². The third-order valence-electron chi connectivity index (χ3n) is 2.82. The minimum Gasteiger partial charge on any atom is -0.462 e. The summed E-state index contributed by atoms with van der Waals surface area (Å²) in [7, 11) is 0. The first-order valence-corrected chi connectivity index (χ1v) is 7.54. The molecule has 0 aliphatic rings. The first kappa shape index (κ1) is 18.0. The topological polar surface area (TPSA) is 64.6 Å². The lowest BCUT2D eigenvalue weighted by atomic mass is 10.1. The maximum atomic E-state index is 11.8. The van der Waals surface area contributed by atoms with E-state index in [0.717, 1.165) is 6.42 Å². The number of ether oxygens (including phenoxy) is 2. The number of hydrogen-bond donors (Lipinski definition) is 1. The molecule has 1 aromatic rings. The van der Waals surface area contributed by atoms with E-state index in [1.807, 2.05) is 12.1 Å². The van der Waals surface area contributed by atoms with Crippen molar-refractivity contribution in [2.45, 2.75) is 46.1 Å². The highest BCUT2D eigenvalue weighted by Gasteiger charge is 2.15. The van der Waals surface area contributed by atoms with E-state index in [4.69, 9.17) is 9.47 Å². The van der Waals surface area contributed by atoms with Crippen LogP contribution in [0.2, 0.25) is 0 Å². The monoisotopic (exact) mass is 307 g/mol. The normalized spacial score (nSPS) is 10.9. The first-order valence-electron chi connectivity index (χ1n) is 7.54. The van der Waals surface area contributed by atoms with Crippen LogP contribution in [0.4, 0.5) is 4.79 Å². The summed E-state index contributed by atoms with van der Waals surface area (Å²) < 4.78 is 10.3. The Kier molecular flexibility index (Phi) is 6.89. The predicted octanol–water partition coefficient (Wildman–Crippen LogP) is 3.32. The van der Waals surface area contributed by atoms with E-state index in [1.54, 1.807) is 32.9 Å². The molecule has 0 bridgehead atoms. The smallest absolute Gasteiger partial charge is 0.407 e.